The second-order valence-corrected chi connectivity index (χ2v) is 8.42. The van der Waals surface area contributed by atoms with E-state index in [9.17, 15) is 4.79 Å². The van der Waals surface area contributed by atoms with Crippen LogP contribution in [0.25, 0.3) is 6.08 Å². The number of aryl methyl sites for hydroxylation is 1. The van der Waals surface area contributed by atoms with E-state index >= 15 is 0 Å². The van der Waals surface area contributed by atoms with Crippen LogP contribution in [-0.4, -0.2) is 51.1 Å². The second kappa shape index (κ2) is 8.92. The third-order valence-corrected chi connectivity index (χ3v) is 5.95. The number of amides is 1. The molecule has 0 aliphatic carbocycles. The fourth-order valence-corrected chi connectivity index (χ4v) is 4.53. The van der Waals surface area contributed by atoms with Crippen LogP contribution in [0.2, 0.25) is 0 Å². The number of carbonyl (C=O) groups excluding carboxylic acids is 1. The highest BCUT2D eigenvalue weighted by Gasteiger charge is 2.26. The molecule has 0 aromatic carbocycles. The van der Waals surface area contributed by atoms with Gasteiger partial charge in [0, 0.05) is 17.6 Å². The molecule has 0 atom stereocenters. The number of carbonyl (C=O) groups is 1. The minimum Gasteiger partial charge on any atom is -0.359 e. The maximum atomic E-state index is 12.5. The summed E-state index contributed by atoms with van der Waals surface area (Å²) in [5.74, 6) is 0.147. The predicted octanol–water partition coefficient (Wildman–Crippen LogP) is 3.18. The lowest BCUT2D eigenvalue weighted by molar-refractivity contribution is -0.116. The molecule has 2 aromatic rings. The van der Waals surface area contributed by atoms with Gasteiger partial charge in [-0.1, -0.05) is 13.8 Å². The van der Waals surface area contributed by atoms with Gasteiger partial charge in [0.15, 0.2) is 0 Å². The smallest absolute Gasteiger partial charge is 0.273 e. The number of H-pyrrole nitrogens is 1. The zero-order valence-electron chi connectivity index (χ0n) is 18.0. The van der Waals surface area contributed by atoms with Crippen molar-refractivity contribution >= 4 is 17.7 Å². The van der Waals surface area contributed by atoms with E-state index < -0.39 is 0 Å². The van der Waals surface area contributed by atoms with Crippen LogP contribution in [0.5, 0.6) is 0 Å². The first-order chi connectivity index (χ1) is 14.5. The van der Waals surface area contributed by atoms with E-state index in [1.807, 2.05) is 6.08 Å². The van der Waals surface area contributed by atoms with Crippen molar-refractivity contribution < 1.29 is 4.79 Å². The summed E-state index contributed by atoms with van der Waals surface area (Å²) in [6, 6.07) is 1.76. The lowest BCUT2D eigenvalue weighted by atomic mass is 9.93. The molecule has 2 aliphatic heterocycles. The number of likely N-dealkylation sites (tertiary alicyclic amines) is 1. The van der Waals surface area contributed by atoms with E-state index in [0.717, 1.165) is 25.1 Å². The van der Waals surface area contributed by atoms with E-state index in [2.05, 4.69) is 51.2 Å². The summed E-state index contributed by atoms with van der Waals surface area (Å²) in [7, 11) is 0. The molecule has 7 nitrogen and oxygen atoms in total. The van der Waals surface area contributed by atoms with Crippen molar-refractivity contribution in [1.29, 1.82) is 0 Å². The van der Waals surface area contributed by atoms with Gasteiger partial charge in [-0.25, -0.2) is 15.4 Å². The predicted molar refractivity (Wildman–Crippen MR) is 118 cm³/mol. The highest BCUT2D eigenvalue weighted by molar-refractivity contribution is 6.32. The minimum atomic E-state index is -0.207. The highest BCUT2D eigenvalue weighted by Crippen LogP contribution is 2.30. The van der Waals surface area contributed by atoms with Crippen LogP contribution in [0.3, 0.4) is 0 Å². The van der Waals surface area contributed by atoms with Crippen molar-refractivity contribution in [1.82, 2.24) is 25.3 Å². The molecular formula is C23H30N6O. The first-order valence-corrected chi connectivity index (χ1v) is 10.8. The number of aromatic amines is 1. The van der Waals surface area contributed by atoms with Crippen LogP contribution in [0.1, 0.15) is 67.2 Å². The van der Waals surface area contributed by atoms with E-state index in [1.54, 1.807) is 12.3 Å². The van der Waals surface area contributed by atoms with Gasteiger partial charge in [0.05, 0.1) is 11.3 Å². The summed E-state index contributed by atoms with van der Waals surface area (Å²) in [6.07, 6.45) is 9.91. The summed E-state index contributed by atoms with van der Waals surface area (Å²) < 4.78 is 0. The molecule has 4 heterocycles. The lowest BCUT2D eigenvalue weighted by Gasteiger charge is -2.15. The summed E-state index contributed by atoms with van der Waals surface area (Å²) >= 11 is 0. The van der Waals surface area contributed by atoms with E-state index in [4.69, 9.17) is 0 Å². The highest BCUT2D eigenvalue weighted by atomic mass is 16.2. The van der Waals surface area contributed by atoms with Gasteiger partial charge in [-0.15, -0.1) is 0 Å². The summed E-state index contributed by atoms with van der Waals surface area (Å²) in [6.45, 7) is 10.2. The number of rotatable bonds is 7. The molecule has 0 spiro atoms. The van der Waals surface area contributed by atoms with Gasteiger partial charge in [-0.3, -0.25) is 4.79 Å². The third kappa shape index (κ3) is 4.21. The van der Waals surface area contributed by atoms with Gasteiger partial charge >= 0.3 is 0 Å². The van der Waals surface area contributed by atoms with E-state index in [0.29, 0.717) is 22.9 Å². The van der Waals surface area contributed by atoms with E-state index in [1.165, 1.54) is 49.1 Å². The van der Waals surface area contributed by atoms with Gasteiger partial charge in [0.1, 0.15) is 12.0 Å². The molecule has 158 valence electrons. The average molecular weight is 407 g/mol. The lowest BCUT2D eigenvalue weighted by Crippen LogP contribution is -2.20. The van der Waals surface area contributed by atoms with Crippen molar-refractivity contribution in [2.75, 3.05) is 19.6 Å². The Hall–Kier alpha value is -2.80. The Morgan fingerprint density at radius 3 is 2.77 bits per heavy atom. The molecule has 7 heteroatoms. The van der Waals surface area contributed by atoms with Crippen molar-refractivity contribution in [2.45, 2.75) is 52.4 Å². The van der Waals surface area contributed by atoms with Gasteiger partial charge in [0.25, 0.3) is 5.91 Å². The van der Waals surface area contributed by atoms with Gasteiger partial charge in [0.2, 0.25) is 0 Å². The van der Waals surface area contributed by atoms with Crippen LogP contribution in [0.4, 0.5) is 0 Å². The zero-order chi connectivity index (χ0) is 21.1. The standard InChI is InChI=1S/C23H30N6O/c1-15(2)21-17(7-6-12-29-10-4-5-11-29)16(3)26-20(21)13-18-22(27-28-23(18)30)19-8-9-24-14-25-19/h8-9,13-15,26H,4-7,10-12H2,1-3H3,(H,28,30)/b18-13+. The fraction of sp³-hybridized carbons (Fsp3) is 0.478. The van der Waals surface area contributed by atoms with Gasteiger partial charge in [-0.05, 0) is 81.4 Å². The molecular weight excluding hydrogens is 376 g/mol. The number of nitrogens with zero attached hydrogens (tertiary/aromatic N) is 4. The monoisotopic (exact) mass is 406 g/mol. The number of hydrogen-bond donors (Lipinski definition) is 2. The SMILES string of the molecule is Cc1[nH]c(/C=C2/C(=O)NN=C2c2ccncn2)c(C(C)C)c1CCCN1CCCC1. The molecule has 1 saturated heterocycles. The Labute approximate surface area is 177 Å². The number of aromatic nitrogens is 3. The van der Waals surface area contributed by atoms with Crippen molar-refractivity contribution in [3.63, 3.8) is 0 Å². The molecule has 2 N–H and O–H groups in total. The topological polar surface area (TPSA) is 86.3 Å². The van der Waals surface area contributed by atoms with Crippen LogP contribution < -0.4 is 5.43 Å². The summed E-state index contributed by atoms with van der Waals surface area (Å²) in [5.41, 5.74) is 9.15. The Bertz CT molecular complexity index is 967. The van der Waals surface area contributed by atoms with Gasteiger partial charge < -0.3 is 9.88 Å². The average Bonchev–Trinajstić information content (AvgIpc) is 3.44. The van der Waals surface area contributed by atoms with E-state index in [-0.39, 0.29) is 5.91 Å². The summed E-state index contributed by atoms with van der Waals surface area (Å²) in [4.78, 5) is 26.8. The third-order valence-electron chi connectivity index (χ3n) is 5.95. The normalized spacial score (nSPS) is 18.5. The largest absolute Gasteiger partial charge is 0.359 e. The Kier molecular flexibility index (Phi) is 6.08. The maximum Gasteiger partial charge on any atom is 0.273 e. The number of hydrogen-bond acceptors (Lipinski definition) is 5. The van der Waals surface area contributed by atoms with Crippen molar-refractivity contribution in [2.24, 2.45) is 5.10 Å². The minimum absolute atomic E-state index is 0.207. The first kappa shape index (κ1) is 20.5. The second-order valence-electron chi connectivity index (χ2n) is 8.42. The van der Waals surface area contributed by atoms with Crippen LogP contribution in [0, 0.1) is 6.92 Å². The Morgan fingerprint density at radius 2 is 2.07 bits per heavy atom. The molecule has 2 aliphatic rings. The van der Waals surface area contributed by atoms with Crippen LogP contribution in [0.15, 0.2) is 29.3 Å². The zero-order valence-corrected chi connectivity index (χ0v) is 18.0. The summed E-state index contributed by atoms with van der Waals surface area (Å²) in [5, 5.41) is 4.20. The number of nitrogens with one attached hydrogen (secondary N) is 2. The van der Waals surface area contributed by atoms with Crippen molar-refractivity contribution in [3.05, 3.63) is 52.4 Å². The molecule has 4 rings (SSSR count). The molecule has 1 amide bonds. The van der Waals surface area contributed by atoms with Crippen molar-refractivity contribution in [3.8, 4) is 0 Å². The first-order valence-electron chi connectivity index (χ1n) is 10.8. The van der Waals surface area contributed by atoms with Gasteiger partial charge in [-0.2, -0.15) is 5.10 Å². The van der Waals surface area contributed by atoms with Crippen LogP contribution in [-0.2, 0) is 11.2 Å². The maximum absolute atomic E-state index is 12.5. The Morgan fingerprint density at radius 1 is 1.27 bits per heavy atom. The molecule has 1 fully saturated rings. The molecule has 0 radical (unpaired) electrons. The molecule has 0 unspecified atom stereocenters. The molecule has 0 bridgehead atoms. The Balaban J connectivity index is 1.61. The molecule has 0 saturated carbocycles. The fourth-order valence-electron chi connectivity index (χ4n) is 4.53. The van der Waals surface area contributed by atoms with Crippen LogP contribution >= 0.6 is 0 Å². The quantitative estimate of drug-likeness (QED) is 0.692. The number of hydrazone groups is 1. The molecule has 2 aromatic heterocycles. The molecule has 30 heavy (non-hydrogen) atoms.